The molecular weight excluding hydrogens is 254 g/mol. The van der Waals surface area contributed by atoms with Gasteiger partial charge in [0.2, 0.25) is 5.91 Å². The molecule has 1 saturated heterocycles. The van der Waals surface area contributed by atoms with Crippen LogP contribution in [0.3, 0.4) is 0 Å². The Morgan fingerprint density at radius 3 is 2.80 bits per heavy atom. The summed E-state index contributed by atoms with van der Waals surface area (Å²) in [6, 6.07) is 7.93. The molecule has 1 amide bonds. The maximum absolute atomic E-state index is 11.9. The van der Waals surface area contributed by atoms with Gasteiger partial charge in [0.05, 0.1) is 19.3 Å². The van der Waals surface area contributed by atoms with Gasteiger partial charge in [0.25, 0.3) is 0 Å². The van der Waals surface area contributed by atoms with Gasteiger partial charge in [-0.3, -0.25) is 4.79 Å². The summed E-state index contributed by atoms with van der Waals surface area (Å²) in [6.45, 7) is 2.83. The van der Waals surface area contributed by atoms with E-state index in [2.05, 4.69) is 5.32 Å². The Kier molecular flexibility index (Phi) is 5.41. The third kappa shape index (κ3) is 4.23. The Hall–Kier alpha value is -1.55. The third-order valence-corrected chi connectivity index (χ3v) is 3.71. The van der Waals surface area contributed by atoms with Crippen molar-refractivity contribution >= 4 is 5.91 Å². The van der Waals surface area contributed by atoms with Gasteiger partial charge in [0.15, 0.2) is 0 Å². The molecule has 4 heteroatoms. The average molecular weight is 277 g/mol. The fourth-order valence-electron chi connectivity index (χ4n) is 2.47. The summed E-state index contributed by atoms with van der Waals surface area (Å²) in [5.74, 6) is 0.925. The second-order valence-electron chi connectivity index (χ2n) is 5.26. The third-order valence-electron chi connectivity index (χ3n) is 3.71. The number of hydrogen-bond acceptors (Lipinski definition) is 3. The molecule has 1 aromatic rings. The molecule has 1 aliphatic rings. The molecule has 0 aliphatic carbocycles. The molecule has 0 bridgehead atoms. The second-order valence-corrected chi connectivity index (χ2v) is 5.26. The second kappa shape index (κ2) is 7.29. The van der Waals surface area contributed by atoms with Crippen LogP contribution >= 0.6 is 0 Å². The van der Waals surface area contributed by atoms with Crippen molar-refractivity contribution < 1.29 is 14.3 Å². The van der Waals surface area contributed by atoms with E-state index in [-0.39, 0.29) is 18.1 Å². The summed E-state index contributed by atoms with van der Waals surface area (Å²) in [6.07, 6.45) is 3.56. The fraction of sp³-hybridized carbons (Fsp3) is 0.562. The number of ether oxygens (including phenoxy) is 2. The maximum atomic E-state index is 11.9. The van der Waals surface area contributed by atoms with Crippen molar-refractivity contribution in [3.8, 4) is 5.75 Å². The van der Waals surface area contributed by atoms with E-state index >= 15 is 0 Å². The summed E-state index contributed by atoms with van der Waals surface area (Å²) in [7, 11) is 1.65. The highest BCUT2D eigenvalue weighted by Gasteiger charge is 2.23. The monoisotopic (exact) mass is 277 g/mol. The first-order valence-electron chi connectivity index (χ1n) is 7.23. The van der Waals surface area contributed by atoms with Gasteiger partial charge in [-0.25, -0.2) is 0 Å². The van der Waals surface area contributed by atoms with Crippen LogP contribution in [0.4, 0.5) is 0 Å². The molecule has 1 heterocycles. The van der Waals surface area contributed by atoms with Crippen LogP contribution in [0.5, 0.6) is 5.75 Å². The molecular formula is C16H23NO3. The van der Waals surface area contributed by atoms with Crippen molar-refractivity contribution in [3.05, 3.63) is 29.8 Å². The normalized spacial score (nSPS) is 19.6. The number of nitrogens with one attached hydrogen (secondary N) is 1. The molecule has 0 saturated carbocycles. The first-order valence-corrected chi connectivity index (χ1v) is 7.23. The van der Waals surface area contributed by atoms with Gasteiger partial charge in [-0.2, -0.15) is 0 Å². The lowest BCUT2D eigenvalue weighted by atomic mass is 10.1. The van der Waals surface area contributed by atoms with Gasteiger partial charge in [-0.15, -0.1) is 0 Å². The molecule has 1 N–H and O–H groups in total. The minimum atomic E-state index is 0.0869. The average Bonchev–Trinajstić information content (AvgIpc) is 3.00. The highest BCUT2D eigenvalue weighted by molar-refractivity contribution is 5.76. The molecule has 1 fully saturated rings. The Morgan fingerprint density at radius 1 is 1.45 bits per heavy atom. The summed E-state index contributed by atoms with van der Waals surface area (Å²) in [5.41, 5.74) is 1.14. The first-order chi connectivity index (χ1) is 9.69. The number of amides is 1. The predicted octanol–water partition coefficient (Wildman–Crippen LogP) is 2.31. The van der Waals surface area contributed by atoms with E-state index < -0.39 is 0 Å². The van der Waals surface area contributed by atoms with Gasteiger partial charge in [-0.05, 0) is 43.9 Å². The molecule has 1 aromatic carbocycles. The number of methoxy groups -OCH3 is 1. The van der Waals surface area contributed by atoms with Crippen molar-refractivity contribution in [1.82, 2.24) is 5.32 Å². The van der Waals surface area contributed by atoms with E-state index in [4.69, 9.17) is 9.47 Å². The van der Waals surface area contributed by atoms with Crippen LogP contribution < -0.4 is 10.1 Å². The Morgan fingerprint density at radius 2 is 2.20 bits per heavy atom. The highest BCUT2D eigenvalue weighted by Crippen LogP contribution is 2.16. The largest absolute Gasteiger partial charge is 0.497 e. The molecule has 110 valence electrons. The molecule has 2 atom stereocenters. The van der Waals surface area contributed by atoms with Crippen LogP contribution in [-0.4, -0.2) is 31.8 Å². The van der Waals surface area contributed by atoms with E-state index in [0.29, 0.717) is 6.42 Å². The lowest BCUT2D eigenvalue weighted by Gasteiger charge is -2.19. The van der Waals surface area contributed by atoms with Crippen LogP contribution in [0, 0.1) is 0 Å². The quantitative estimate of drug-likeness (QED) is 0.868. The van der Waals surface area contributed by atoms with Gasteiger partial charge >= 0.3 is 0 Å². The number of rotatable bonds is 6. The number of aryl methyl sites for hydroxylation is 1. The van der Waals surface area contributed by atoms with Gasteiger partial charge in [-0.1, -0.05) is 12.1 Å². The van der Waals surface area contributed by atoms with E-state index in [0.717, 1.165) is 37.2 Å². The summed E-state index contributed by atoms with van der Waals surface area (Å²) >= 11 is 0. The summed E-state index contributed by atoms with van der Waals surface area (Å²) < 4.78 is 10.7. The topological polar surface area (TPSA) is 47.6 Å². The van der Waals surface area contributed by atoms with Crippen molar-refractivity contribution in [2.24, 2.45) is 0 Å². The number of benzene rings is 1. The molecule has 0 radical (unpaired) electrons. The van der Waals surface area contributed by atoms with Gasteiger partial charge < -0.3 is 14.8 Å². The molecule has 0 aromatic heterocycles. The zero-order valence-corrected chi connectivity index (χ0v) is 12.2. The van der Waals surface area contributed by atoms with Crippen LogP contribution in [0.2, 0.25) is 0 Å². The summed E-state index contributed by atoms with van der Waals surface area (Å²) in [4.78, 5) is 11.9. The molecule has 4 nitrogen and oxygen atoms in total. The smallest absolute Gasteiger partial charge is 0.220 e. The fourth-order valence-corrected chi connectivity index (χ4v) is 2.47. The lowest BCUT2D eigenvalue weighted by Crippen LogP contribution is -2.40. The number of carbonyl (C=O) groups is 1. The maximum Gasteiger partial charge on any atom is 0.220 e. The van der Waals surface area contributed by atoms with Crippen molar-refractivity contribution in [3.63, 3.8) is 0 Å². The minimum absolute atomic E-state index is 0.0869. The zero-order valence-electron chi connectivity index (χ0n) is 12.2. The van der Waals surface area contributed by atoms with Crippen molar-refractivity contribution in [1.29, 1.82) is 0 Å². The van der Waals surface area contributed by atoms with E-state index in [1.165, 1.54) is 0 Å². The molecule has 20 heavy (non-hydrogen) atoms. The van der Waals surface area contributed by atoms with E-state index in [9.17, 15) is 4.79 Å². The first kappa shape index (κ1) is 14.9. The van der Waals surface area contributed by atoms with Crippen LogP contribution in [0.1, 0.15) is 31.7 Å². The molecule has 2 rings (SSSR count). The Labute approximate surface area is 120 Å². The standard InChI is InChI=1S/C16H23NO3/c1-12(15-4-3-11-20-15)17-16(18)10-7-13-5-8-14(19-2)9-6-13/h5-6,8-9,12,15H,3-4,7,10-11H2,1-2H3,(H,17,18)/t12-,15+/m0/s1. The Bertz CT molecular complexity index is 424. The van der Waals surface area contributed by atoms with E-state index in [1.807, 2.05) is 31.2 Å². The van der Waals surface area contributed by atoms with Gasteiger partial charge in [0, 0.05) is 13.0 Å². The zero-order chi connectivity index (χ0) is 14.4. The number of carbonyl (C=O) groups excluding carboxylic acids is 1. The van der Waals surface area contributed by atoms with Crippen LogP contribution in [0.15, 0.2) is 24.3 Å². The van der Waals surface area contributed by atoms with Crippen molar-refractivity contribution in [2.45, 2.75) is 44.8 Å². The number of hydrogen-bond donors (Lipinski definition) is 1. The molecule has 0 spiro atoms. The van der Waals surface area contributed by atoms with Crippen molar-refractivity contribution in [2.75, 3.05) is 13.7 Å². The molecule has 0 unspecified atom stereocenters. The highest BCUT2D eigenvalue weighted by atomic mass is 16.5. The Balaban J connectivity index is 1.73. The predicted molar refractivity (Wildman–Crippen MR) is 77.9 cm³/mol. The van der Waals surface area contributed by atoms with Gasteiger partial charge in [0.1, 0.15) is 5.75 Å². The minimum Gasteiger partial charge on any atom is -0.497 e. The molecule has 1 aliphatic heterocycles. The van der Waals surface area contributed by atoms with Crippen LogP contribution in [0.25, 0.3) is 0 Å². The van der Waals surface area contributed by atoms with E-state index in [1.54, 1.807) is 7.11 Å². The van der Waals surface area contributed by atoms with Crippen LogP contribution in [-0.2, 0) is 16.0 Å². The lowest BCUT2D eigenvalue weighted by molar-refractivity contribution is -0.122. The summed E-state index contributed by atoms with van der Waals surface area (Å²) in [5, 5.41) is 3.03. The SMILES string of the molecule is COc1ccc(CCC(=O)N[C@@H](C)[C@H]2CCCO2)cc1.